The lowest BCUT2D eigenvalue weighted by Gasteiger charge is -2.03. The highest BCUT2D eigenvalue weighted by Crippen LogP contribution is 2.05. The van der Waals surface area contributed by atoms with Gasteiger partial charge in [-0.15, -0.1) is 0 Å². The van der Waals surface area contributed by atoms with Crippen LogP contribution in [0.15, 0.2) is 0 Å². The summed E-state index contributed by atoms with van der Waals surface area (Å²) in [5.74, 6) is 0.261. The average Bonchev–Trinajstić information content (AvgIpc) is 2.01. The van der Waals surface area contributed by atoms with Crippen LogP contribution >= 0.6 is 0 Å². The number of nitrogens with one attached hydrogen (secondary N) is 2. The maximum absolute atomic E-state index is 10.7. The number of rotatable bonds is 2. The summed E-state index contributed by atoms with van der Waals surface area (Å²) in [5, 5.41) is 5.09. The van der Waals surface area contributed by atoms with Gasteiger partial charge >= 0.3 is 0 Å². The van der Waals surface area contributed by atoms with E-state index in [0.717, 1.165) is 0 Å². The van der Waals surface area contributed by atoms with Crippen molar-refractivity contribution in [2.45, 2.75) is 6.92 Å². The third kappa shape index (κ3) is 2.55. The summed E-state index contributed by atoms with van der Waals surface area (Å²) in [6.45, 7) is 1.36. The SMILES string of the molecule is CNc1nc(N)nc(NC(C)=O)n1. The molecule has 1 aromatic heterocycles. The fourth-order valence-electron chi connectivity index (χ4n) is 0.717. The van der Waals surface area contributed by atoms with E-state index in [2.05, 4.69) is 25.6 Å². The number of hydrogen-bond acceptors (Lipinski definition) is 6. The molecular formula is C6H10N6O. The fraction of sp³-hybridized carbons (Fsp3) is 0.333. The molecule has 70 valence electrons. The minimum atomic E-state index is -0.257. The van der Waals surface area contributed by atoms with Crippen molar-refractivity contribution in [3.8, 4) is 0 Å². The van der Waals surface area contributed by atoms with Crippen molar-refractivity contribution in [2.24, 2.45) is 0 Å². The standard InChI is InChI=1S/C6H10N6O/c1-3(13)9-6-11-4(7)10-5(8-2)12-6/h1-2H3,(H4,7,8,9,10,11,12,13). The molecule has 13 heavy (non-hydrogen) atoms. The number of anilines is 3. The highest BCUT2D eigenvalue weighted by Gasteiger charge is 2.03. The van der Waals surface area contributed by atoms with Crippen molar-refractivity contribution in [2.75, 3.05) is 23.4 Å². The summed E-state index contributed by atoms with van der Waals surface area (Å²) < 4.78 is 0. The number of nitrogens with zero attached hydrogens (tertiary/aromatic N) is 3. The second-order valence-corrected chi connectivity index (χ2v) is 2.27. The number of carbonyl (C=O) groups excluding carboxylic acids is 1. The predicted molar refractivity (Wildman–Crippen MR) is 48.1 cm³/mol. The Balaban J connectivity index is 2.94. The predicted octanol–water partition coefficient (Wildman–Crippen LogP) is -0.546. The van der Waals surface area contributed by atoms with Crippen molar-refractivity contribution in [3.63, 3.8) is 0 Å². The van der Waals surface area contributed by atoms with Crippen LogP contribution in [0.4, 0.5) is 17.8 Å². The number of nitrogen functional groups attached to an aromatic ring is 1. The van der Waals surface area contributed by atoms with Crippen LogP contribution in [0.2, 0.25) is 0 Å². The van der Waals surface area contributed by atoms with Crippen LogP contribution in [0, 0.1) is 0 Å². The monoisotopic (exact) mass is 182 g/mol. The molecule has 0 bridgehead atoms. The Morgan fingerprint density at radius 1 is 1.31 bits per heavy atom. The minimum absolute atomic E-state index is 0.0584. The molecule has 7 heteroatoms. The number of carbonyl (C=O) groups is 1. The molecule has 0 aliphatic rings. The topological polar surface area (TPSA) is 106 Å². The first-order valence-electron chi connectivity index (χ1n) is 3.58. The van der Waals surface area contributed by atoms with E-state index in [1.54, 1.807) is 7.05 Å². The maximum atomic E-state index is 10.7. The van der Waals surface area contributed by atoms with Gasteiger partial charge in [-0.1, -0.05) is 0 Å². The molecule has 0 saturated heterocycles. The molecule has 0 spiro atoms. The van der Waals surface area contributed by atoms with Gasteiger partial charge in [-0.3, -0.25) is 10.1 Å². The van der Waals surface area contributed by atoms with Crippen molar-refractivity contribution in [3.05, 3.63) is 0 Å². The van der Waals surface area contributed by atoms with Gasteiger partial charge in [0.05, 0.1) is 0 Å². The molecule has 1 rings (SSSR count). The first-order valence-corrected chi connectivity index (χ1v) is 3.58. The van der Waals surface area contributed by atoms with Crippen LogP contribution in [-0.2, 0) is 4.79 Å². The Morgan fingerprint density at radius 3 is 2.46 bits per heavy atom. The highest BCUT2D eigenvalue weighted by atomic mass is 16.1. The molecule has 4 N–H and O–H groups in total. The average molecular weight is 182 g/mol. The van der Waals surface area contributed by atoms with Gasteiger partial charge in [-0.25, -0.2) is 0 Å². The first-order chi connectivity index (χ1) is 6.11. The van der Waals surface area contributed by atoms with Crippen molar-refractivity contribution in [1.82, 2.24) is 15.0 Å². The number of nitrogens with two attached hydrogens (primary N) is 1. The van der Waals surface area contributed by atoms with E-state index in [-0.39, 0.29) is 17.8 Å². The summed E-state index contributed by atoms with van der Waals surface area (Å²) in [5.41, 5.74) is 5.36. The lowest BCUT2D eigenvalue weighted by Crippen LogP contribution is -2.12. The van der Waals surface area contributed by atoms with Gasteiger partial charge in [0.25, 0.3) is 0 Å². The summed E-state index contributed by atoms with van der Waals surface area (Å²) in [6, 6.07) is 0. The third-order valence-corrected chi connectivity index (χ3v) is 1.16. The Morgan fingerprint density at radius 2 is 1.92 bits per heavy atom. The van der Waals surface area contributed by atoms with E-state index < -0.39 is 0 Å². The summed E-state index contributed by atoms with van der Waals surface area (Å²) in [6.07, 6.45) is 0. The second kappa shape index (κ2) is 3.65. The van der Waals surface area contributed by atoms with Crippen LogP contribution < -0.4 is 16.4 Å². The fourth-order valence-corrected chi connectivity index (χ4v) is 0.717. The molecule has 1 aromatic rings. The van der Waals surface area contributed by atoms with Gasteiger partial charge in [0.2, 0.25) is 23.8 Å². The van der Waals surface area contributed by atoms with Crippen molar-refractivity contribution >= 4 is 23.8 Å². The van der Waals surface area contributed by atoms with Gasteiger partial charge in [0.1, 0.15) is 0 Å². The molecule has 0 aliphatic heterocycles. The molecule has 7 nitrogen and oxygen atoms in total. The Kier molecular flexibility index (Phi) is 2.58. The van der Waals surface area contributed by atoms with Crippen molar-refractivity contribution < 1.29 is 4.79 Å². The first kappa shape index (κ1) is 9.17. The Hall–Kier alpha value is -1.92. The zero-order chi connectivity index (χ0) is 9.84. The van der Waals surface area contributed by atoms with E-state index >= 15 is 0 Å². The molecular weight excluding hydrogens is 172 g/mol. The zero-order valence-electron chi connectivity index (χ0n) is 7.33. The molecule has 0 unspecified atom stereocenters. The molecule has 0 aromatic carbocycles. The summed E-state index contributed by atoms with van der Waals surface area (Å²) in [7, 11) is 1.65. The van der Waals surface area contributed by atoms with Gasteiger partial charge in [-0.05, 0) is 0 Å². The molecule has 0 fully saturated rings. The maximum Gasteiger partial charge on any atom is 0.236 e. The van der Waals surface area contributed by atoms with Crippen molar-refractivity contribution in [1.29, 1.82) is 0 Å². The van der Waals surface area contributed by atoms with E-state index in [4.69, 9.17) is 5.73 Å². The van der Waals surface area contributed by atoms with E-state index in [0.29, 0.717) is 5.95 Å². The molecule has 0 atom stereocenters. The van der Waals surface area contributed by atoms with Crippen LogP contribution in [0.25, 0.3) is 0 Å². The minimum Gasteiger partial charge on any atom is -0.368 e. The van der Waals surface area contributed by atoms with E-state index in [1.807, 2.05) is 0 Å². The van der Waals surface area contributed by atoms with Gasteiger partial charge in [-0.2, -0.15) is 15.0 Å². The smallest absolute Gasteiger partial charge is 0.236 e. The van der Waals surface area contributed by atoms with E-state index in [9.17, 15) is 4.79 Å². The molecule has 0 aliphatic carbocycles. The highest BCUT2D eigenvalue weighted by molar-refractivity contribution is 5.86. The lowest BCUT2D eigenvalue weighted by molar-refractivity contribution is -0.114. The number of amides is 1. The Labute approximate surface area is 74.8 Å². The van der Waals surface area contributed by atoms with Crippen LogP contribution in [0.3, 0.4) is 0 Å². The van der Waals surface area contributed by atoms with Gasteiger partial charge < -0.3 is 11.1 Å². The van der Waals surface area contributed by atoms with Crippen LogP contribution in [-0.4, -0.2) is 27.9 Å². The third-order valence-electron chi connectivity index (χ3n) is 1.16. The van der Waals surface area contributed by atoms with Gasteiger partial charge in [0, 0.05) is 14.0 Å². The van der Waals surface area contributed by atoms with E-state index in [1.165, 1.54) is 6.92 Å². The van der Waals surface area contributed by atoms with Gasteiger partial charge in [0.15, 0.2) is 0 Å². The molecule has 0 radical (unpaired) electrons. The number of aromatic nitrogens is 3. The summed E-state index contributed by atoms with van der Waals surface area (Å²) in [4.78, 5) is 22.0. The Bertz CT molecular complexity index is 325. The molecule has 0 saturated carbocycles. The summed E-state index contributed by atoms with van der Waals surface area (Å²) >= 11 is 0. The quantitative estimate of drug-likeness (QED) is 0.566. The molecule has 1 amide bonds. The number of hydrogen-bond donors (Lipinski definition) is 3. The second-order valence-electron chi connectivity index (χ2n) is 2.27. The largest absolute Gasteiger partial charge is 0.368 e. The zero-order valence-corrected chi connectivity index (χ0v) is 7.33. The van der Waals surface area contributed by atoms with Crippen LogP contribution in [0.1, 0.15) is 6.92 Å². The lowest BCUT2D eigenvalue weighted by atomic mass is 10.7. The normalized spacial score (nSPS) is 9.38. The van der Waals surface area contributed by atoms with Crippen LogP contribution in [0.5, 0.6) is 0 Å². The molecule has 1 heterocycles.